The largest absolute Gasteiger partial charge is 0.376 e. The van der Waals surface area contributed by atoms with Crippen LogP contribution in [0.5, 0.6) is 0 Å². The molecular formula is C16H13ClN4O2. The Morgan fingerprint density at radius 1 is 1.35 bits per heavy atom. The summed E-state index contributed by atoms with van der Waals surface area (Å²) in [6, 6.07) is 5.81. The number of primary amides is 1. The minimum Gasteiger partial charge on any atom is -0.376 e. The van der Waals surface area contributed by atoms with Gasteiger partial charge in [0.2, 0.25) is 0 Å². The molecule has 1 aliphatic rings. The molecule has 0 saturated carbocycles. The van der Waals surface area contributed by atoms with Gasteiger partial charge in [-0.2, -0.15) is 5.10 Å². The first kappa shape index (κ1) is 14.2. The molecule has 23 heavy (non-hydrogen) atoms. The summed E-state index contributed by atoms with van der Waals surface area (Å²) in [6.07, 6.45) is 2.30. The van der Waals surface area contributed by atoms with Crippen LogP contribution in [0.15, 0.2) is 24.4 Å². The summed E-state index contributed by atoms with van der Waals surface area (Å²) >= 11 is 6.04. The van der Waals surface area contributed by atoms with E-state index in [4.69, 9.17) is 22.1 Å². The van der Waals surface area contributed by atoms with Crippen LogP contribution < -0.4 is 5.73 Å². The molecule has 3 heterocycles. The van der Waals surface area contributed by atoms with Crippen molar-refractivity contribution in [3.63, 3.8) is 0 Å². The molecule has 0 aliphatic carbocycles. The molecule has 0 radical (unpaired) electrons. The van der Waals surface area contributed by atoms with E-state index in [0.29, 0.717) is 30.5 Å². The lowest BCUT2D eigenvalue weighted by Crippen LogP contribution is -2.21. The minimum absolute atomic E-state index is 0.330. The minimum atomic E-state index is -0.510. The van der Waals surface area contributed by atoms with E-state index in [2.05, 4.69) is 15.2 Å². The van der Waals surface area contributed by atoms with Gasteiger partial charge in [0.1, 0.15) is 10.8 Å². The molecule has 3 aromatic rings. The number of aromatic nitrogens is 3. The first-order chi connectivity index (χ1) is 11.1. The molecule has 1 aromatic carbocycles. The van der Waals surface area contributed by atoms with Crippen LogP contribution in [0.1, 0.15) is 21.6 Å². The molecule has 6 nitrogen and oxygen atoms in total. The third-order valence-electron chi connectivity index (χ3n) is 4.09. The molecule has 0 fully saturated rings. The van der Waals surface area contributed by atoms with Gasteiger partial charge in [-0.25, -0.2) is 0 Å². The molecule has 7 heteroatoms. The summed E-state index contributed by atoms with van der Waals surface area (Å²) in [6.45, 7) is 0.999. The first-order valence-corrected chi connectivity index (χ1v) is 7.55. The third kappa shape index (κ3) is 2.27. The monoisotopic (exact) mass is 328 g/mol. The number of nitrogens with zero attached hydrogens (tertiary/aromatic N) is 2. The number of rotatable bonds is 2. The number of aromatic amines is 1. The van der Waals surface area contributed by atoms with Crippen LogP contribution in [0.25, 0.3) is 22.0 Å². The van der Waals surface area contributed by atoms with Crippen LogP contribution in [0.3, 0.4) is 0 Å². The number of nitrogens with one attached hydrogen (secondary N) is 1. The van der Waals surface area contributed by atoms with Gasteiger partial charge in [-0.15, -0.1) is 0 Å². The highest BCUT2D eigenvalue weighted by atomic mass is 35.5. The van der Waals surface area contributed by atoms with Gasteiger partial charge in [0, 0.05) is 17.1 Å². The van der Waals surface area contributed by atoms with Crippen LogP contribution in [0.2, 0.25) is 5.15 Å². The fraction of sp³-hybridized carbons (Fsp3) is 0.188. The quantitative estimate of drug-likeness (QED) is 0.755. The van der Waals surface area contributed by atoms with Crippen molar-refractivity contribution in [2.75, 3.05) is 6.61 Å². The van der Waals surface area contributed by atoms with Crippen molar-refractivity contribution >= 4 is 28.4 Å². The summed E-state index contributed by atoms with van der Waals surface area (Å²) < 4.78 is 5.56. The second kappa shape index (κ2) is 5.33. The van der Waals surface area contributed by atoms with E-state index in [1.807, 2.05) is 18.2 Å². The van der Waals surface area contributed by atoms with Crippen LogP contribution in [0, 0.1) is 0 Å². The van der Waals surface area contributed by atoms with Gasteiger partial charge in [0.15, 0.2) is 0 Å². The molecular weight excluding hydrogens is 316 g/mol. The van der Waals surface area contributed by atoms with Gasteiger partial charge in [-0.3, -0.25) is 14.9 Å². The number of halogens is 1. The maximum Gasteiger partial charge on any atom is 0.267 e. The van der Waals surface area contributed by atoms with Crippen LogP contribution in [-0.4, -0.2) is 27.7 Å². The number of carbonyl (C=O) groups is 1. The average Bonchev–Trinajstić information content (AvgIpc) is 2.94. The Balaban J connectivity index is 1.92. The number of nitrogens with two attached hydrogens (primary N) is 1. The number of fused-ring (bicyclic) bond motifs is 2. The van der Waals surface area contributed by atoms with Crippen LogP contribution >= 0.6 is 11.6 Å². The highest BCUT2D eigenvalue weighted by Crippen LogP contribution is 2.33. The molecule has 1 aliphatic heterocycles. The average molecular weight is 329 g/mol. The lowest BCUT2D eigenvalue weighted by molar-refractivity contribution is 0.0979. The Bertz CT molecular complexity index is 935. The van der Waals surface area contributed by atoms with Crippen LogP contribution in [-0.2, 0) is 17.8 Å². The van der Waals surface area contributed by atoms with Crippen molar-refractivity contribution < 1.29 is 9.53 Å². The molecule has 0 saturated heterocycles. The fourth-order valence-electron chi connectivity index (χ4n) is 2.98. The molecule has 0 atom stereocenters. The number of hydrogen-bond acceptors (Lipinski definition) is 4. The van der Waals surface area contributed by atoms with Gasteiger partial charge >= 0.3 is 0 Å². The van der Waals surface area contributed by atoms with Gasteiger partial charge in [-0.05, 0) is 35.2 Å². The number of carbonyl (C=O) groups excluding carboxylic acids is 1. The lowest BCUT2D eigenvalue weighted by Gasteiger charge is -2.21. The SMILES string of the molecule is NC(=O)c1ncc(-c2ccc3c(Cl)[nH]nc3c2)c2c1CCOC2. The summed E-state index contributed by atoms with van der Waals surface area (Å²) in [7, 11) is 0. The molecule has 2 aromatic heterocycles. The molecule has 116 valence electrons. The topological polar surface area (TPSA) is 93.9 Å². The van der Waals surface area contributed by atoms with E-state index in [0.717, 1.165) is 33.2 Å². The third-order valence-corrected chi connectivity index (χ3v) is 4.38. The van der Waals surface area contributed by atoms with Gasteiger partial charge < -0.3 is 10.5 Å². The van der Waals surface area contributed by atoms with Gasteiger partial charge in [0.25, 0.3) is 5.91 Å². The Morgan fingerprint density at radius 2 is 2.22 bits per heavy atom. The molecule has 0 spiro atoms. The highest BCUT2D eigenvalue weighted by Gasteiger charge is 2.22. The maximum atomic E-state index is 11.6. The van der Waals surface area contributed by atoms with E-state index in [1.165, 1.54) is 0 Å². The zero-order valence-corrected chi connectivity index (χ0v) is 12.9. The predicted octanol–water partition coefficient (Wildman–Crippen LogP) is 2.45. The summed E-state index contributed by atoms with van der Waals surface area (Å²) in [5.41, 5.74) is 10.2. The number of hydrogen-bond donors (Lipinski definition) is 2. The number of ether oxygens (including phenoxy) is 1. The van der Waals surface area contributed by atoms with E-state index in [1.54, 1.807) is 6.20 Å². The standard InChI is InChI=1S/C16H13ClN4O2/c17-15-10-2-1-8(5-13(10)20-21-15)11-6-19-14(16(18)22)9-3-4-23-7-12(9)11/h1-2,5-6H,3-4,7H2,(H2,18,22)(H,20,21). The second-order valence-electron chi connectivity index (χ2n) is 5.41. The Labute approximate surface area is 136 Å². The van der Waals surface area contributed by atoms with E-state index >= 15 is 0 Å². The predicted molar refractivity (Wildman–Crippen MR) is 86.2 cm³/mol. The van der Waals surface area contributed by atoms with Crippen LogP contribution in [0.4, 0.5) is 0 Å². The first-order valence-electron chi connectivity index (χ1n) is 7.17. The number of amides is 1. The summed E-state index contributed by atoms with van der Waals surface area (Å²) in [5, 5.41) is 8.31. The maximum absolute atomic E-state index is 11.6. The van der Waals surface area contributed by atoms with E-state index < -0.39 is 5.91 Å². The normalized spacial score (nSPS) is 14.0. The molecule has 3 N–H and O–H groups in total. The van der Waals surface area contributed by atoms with E-state index in [-0.39, 0.29) is 0 Å². The molecule has 4 rings (SSSR count). The van der Waals surface area contributed by atoms with Gasteiger partial charge in [0.05, 0.1) is 18.7 Å². The smallest absolute Gasteiger partial charge is 0.267 e. The Morgan fingerprint density at radius 3 is 3.04 bits per heavy atom. The second-order valence-corrected chi connectivity index (χ2v) is 5.79. The summed E-state index contributed by atoms with van der Waals surface area (Å²) in [5.74, 6) is -0.510. The Hall–Kier alpha value is -2.44. The number of pyridine rings is 1. The molecule has 1 amide bonds. The zero-order valence-electron chi connectivity index (χ0n) is 12.1. The van der Waals surface area contributed by atoms with Crippen molar-refractivity contribution in [2.45, 2.75) is 13.0 Å². The molecule has 0 bridgehead atoms. The molecule has 0 unspecified atom stereocenters. The zero-order chi connectivity index (χ0) is 16.0. The number of benzene rings is 1. The van der Waals surface area contributed by atoms with Crippen molar-refractivity contribution in [1.29, 1.82) is 0 Å². The van der Waals surface area contributed by atoms with Crippen molar-refractivity contribution in [1.82, 2.24) is 15.2 Å². The highest BCUT2D eigenvalue weighted by molar-refractivity contribution is 6.34. The number of H-pyrrole nitrogens is 1. The lowest BCUT2D eigenvalue weighted by atomic mass is 9.93. The van der Waals surface area contributed by atoms with Crippen molar-refractivity contribution in [2.24, 2.45) is 5.73 Å². The van der Waals surface area contributed by atoms with Crippen molar-refractivity contribution in [3.05, 3.63) is 46.4 Å². The Kier molecular flexibility index (Phi) is 3.28. The van der Waals surface area contributed by atoms with Crippen molar-refractivity contribution in [3.8, 4) is 11.1 Å². The summed E-state index contributed by atoms with van der Waals surface area (Å²) in [4.78, 5) is 15.9. The van der Waals surface area contributed by atoms with Gasteiger partial charge in [-0.1, -0.05) is 17.7 Å². The van der Waals surface area contributed by atoms with E-state index in [9.17, 15) is 4.79 Å². The fourth-order valence-corrected chi connectivity index (χ4v) is 3.18.